The Morgan fingerprint density at radius 1 is 1.32 bits per heavy atom. The van der Waals surface area contributed by atoms with E-state index < -0.39 is 0 Å². The fraction of sp³-hybridized carbons (Fsp3) is 0.647. The molecule has 104 valence electrons. The van der Waals surface area contributed by atoms with Crippen LogP contribution in [0.25, 0.3) is 0 Å². The molecule has 0 spiro atoms. The minimum Gasteiger partial charge on any atom is -0.374 e. The fourth-order valence-corrected chi connectivity index (χ4v) is 3.25. The van der Waals surface area contributed by atoms with E-state index >= 15 is 0 Å². The minimum atomic E-state index is 0.647. The zero-order chi connectivity index (χ0) is 13.3. The van der Waals surface area contributed by atoms with Crippen LogP contribution < -0.4 is 10.2 Å². The number of nitrogens with one attached hydrogen (secondary N) is 1. The van der Waals surface area contributed by atoms with Crippen LogP contribution in [0, 0.1) is 5.41 Å². The Balaban J connectivity index is 1.59. The largest absolute Gasteiger partial charge is 0.374 e. The molecule has 1 aliphatic carbocycles. The van der Waals surface area contributed by atoms with Gasteiger partial charge in [-0.2, -0.15) is 0 Å². The Morgan fingerprint density at radius 2 is 2.16 bits per heavy atom. The lowest BCUT2D eigenvalue weighted by atomic mass is 9.99. The molecule has 0 amide bonds. The number of anilines is 1. The molecule has 0 radical (unpaired) electrons. The van der Waals surface area contributed by atoms with Crippen LogP contribution in [-0.2, 0) is 13.0 Å². The Labute approximate surface area is 117 Å². The summed E-state index contributed by atoms with van der Waals surface area (Å²) < 4.78 is 0. The van der Waals surface area contributed by atoms with E-state index in [4.69, 9.17) is 0 Å². The third-order valence-electron chi connectivity index (χ3n) is 5.03. The van der Waals surface area contributed by atoms with E-state index in [0.29, 0.717) is 5.41 Å². The Kier molecular flexibility index (Phi) is 3.53. The summed E-state index contributed by atoms with van der Waals surface area (Å²) in [6, 6.07) is 7.00. The third-order valence-corrected chi connectivity index (χ3v) is 5.03. The van der Waals surface area contributed by atoms with Crippen molar-refractivity contribution in [2.24, 2.45) is 5.41 Å². The summed E-state index contributed by atoms with van der Waals surface area (Å²) in [5, 5.41) is 3.66. The molecule has 1 aromatic carbocycles. The van der Waals surface area contributed by atoms with Crippen molar-refractivity contribution in [3.8, 4) is 0 Å². The van der Waals surface area contributed by atoms with Crippen LogP contribution in [0.1, 0.15) is 43.7 Å². The molecule has 1 heterocycles. The molecular formula is C17H26N2. The zero-order valence-electron chi connectivity index (χ0n) is 12.3. The Morgan fingerprint density at radius 3 is 2.89 bits per heavy atom. The molecule has 0 bridgehead atoms. The molecule has 3 rings (SSSR count). The summed E-state index contributed by atoms with van der Waals surface area (Å²) >= 11 is 0. The lowest BCUT2D eigenvalue weighted by molar-refractivity contribution is 0.443. The Hall–Kier alpha value is -1.02. The molecule has 0 atom stereocenters. The van der Waals surface area contributed by atoms with Gasteiger partial charge in [-0.3, -0.25) is 0 Å². The van der Waals surface area contributed by atoms with Crippen molar-refractivity contribution >= 4 is 5.69 Å². The normalized spacial score (nSPS) is 20.2. The average Bonchev–Trinajstić information content (AvgIpc) is 3.20. The maximum Gasteiger partial charge on any atom is 0.0396 e. The smallest absolute Gasteiger partial charge is 0.0396 e. The standard InChI is InChI=1S/C17H26N2/c1-3-17(8-9-17)13-18-12-14-6-7-16-15(11-14)5-4-10-19(16)2/h6-7,11,18H,3-5,8-10,12-13H2,1-2H3. The van der Waals surface area contributed by atoms with Crippen LogP contribution in [0.15, 0.2) is 18.2 Å². The van der Waals surface area contributed by atoms with Crippen molar-refractivity contribution in [2.75, 3.05) is 25.0 Å². The number of fused-ring (bicyclic) bond motifs is 1. The van der Waals surface area contributed by atoms with E-state index in [1.807, 2.05) is 0 Å². The number of aryl methyl sites for hydroxylation is 1. The first kappa shape index (κ1) is 13.0. The maximum absolute atomic E-state index is 3.66. The highest BCUT2D eigenvalue weighted by atomic mass is 15.1. The van der Waals surface area contributed by atoms with E-state index in [1.165, 1.54) is 62.0 Å². The molecule has 0 unspecified atom stereocenters. The van der Waals surface area contributed by atoms with Crippen LogP contribution in [0.3, 0.4) is 0 Å². The number of hydrogen-bond acceptors (Lipinski definition) is 2. The second kappa shape index (κ2) is 5.16. The Bertz CT molecular complexity index is 449. The fourth-order valence-electron chi connectivity index (χ4n) is 3.25. The molecule has 2 nitrogen and oxygen atoms in total. The van der Waals surface area contributed by atoms with Gasteiger partial charge in [-0.25, -0.2) is 0 Å². The SMILES string of the molecule is CCC1(CNCc2ccc3c(c2)CCCN3C)CC1. The monoisotopic (exact) mass is 258 g/mol. The third kappa shape index (κ3) is 2.79. The van der Waals surface area contributed by atoms with Gasteiger partial charge in [0.15, 0.2) is 0 Å². The van der Waals surface area contributed by atoms with E-state index in [9.17, 15) is 0 Å². The van der Waals surface area contributed by atoms with Gasteiger partial charge in [-0.15, -0.1) is 0 Å². The molecule has 1 aliphatic heterocycles. The summed E-state index contributed by atoms with van der Waals surface area (Å²) in [5.74, 6) is 0. The van der Waals surface area contributed by atoms with Crippen LogP contribution >= 0.6 is 0 Å². The van der Waals surface area contributed by atoms with Gasteiger partial charge in [0.1, 0.15) is 0 Å². The van der Waals surface area contributed by atoms with Gasteiger partial charge >= 0.3 is 0 Å². The highest BCUT2D eigenvalue weighted by Crippen LogP contribution is 2.47. The highest BCUT2D eigenvalue weighted by Gasteiger charge is 2.39. The lowest BCUT2D eigenvalue weighted by Crippen LogP contribution is -2.25. The van der Waals surface area contributed by atoms with Crippen molar-refractivity contribution in [1.29, 1.82) is 0 Å². The summed E-state index contributed by atoms with van der Waals surface area (Å²) in [6.07, 6.45) is 6.71. The second-order valence-electron chi connectivity index (χ2n) is 6.45. The van der Waals surface area contributed by atoms with Crippen molar-refractivity contribution < 1.29 is 0 Å². The number of hydrogen-bond donors (Lipinski definition) is 1. The first-order chi connectivity index (χ1) is 9.22. The van der Waals surface area contributed by atoms with Crippen molar-refractivity contribution in [3.63, 3.8) is 0 Å². The van der Waals surface area contributed by atoms with Gasteiger partial charge in [0.25, 0.3) is 0 Å². The molecule has 1 saturated carbocycles. The summed E-state index contributed by atoms with van der Waals surface area (Å²) in [5.41, 5.74) is 5.06. The van der Waals surface area contributed by atoms with Crippen LogP contribution in [0.5, 0.6) is 0 Å². The van der Waals surface area contributed by atoms with Crippen molar-refractivity contribution in [3.05, 3.63) is 29.3 Å². The van der Waals surface area contributed by atoms with Gasteiger partial charge in [-0.05, 0) is 54.7 Å². The van der Waals surface area contributed by atoms with Gasteiger partial charge in [0.05, 0.1) is 0 Å². The zero-order valence-corrected chi connectivity index (χ0v) is 12.3. The summed E-state index contributed by atoms with van der Waals surface area (Å²) in [7, 11) is 2.20. The minimum absolute atomic E-state index is 0.647. The van der Waals surface area contributed by atoms with E-state index in [2.05, 4.69) is 42.4 Å². The molecule has 0 saturated heterocycles. The van der Waals surface area contributed by atoms with Crippen LogP contribution in [0.4, 0.5) is 5.69 Å². The molecule has 1 fully saturated rings. The molecule has 1 aromatic rings. The number of benzene rings is 1. The topological polar surface area (TPSA) is 15.3 Å². The van der Waals surface area contributed by atoms with Gasteiger partial charge in [-0.1, -0.05) is 19.1 Å². The maximum atomic E-state index is 3.66. The summed E-state index contributed by atoms with van der Waals surface area (Å²) in [6.45, 7) is 5.74. The predicted octanol–water partition coefficient (Wildman–Crippen LogP) is 3.35. The molecular weight excluding hydrogens is 232 g/mol. The quantitative estimate of drug-likeness (QED) is 0.871. The van der Waals surface area contributed by atoms with E-state index in [0.717, 1.165) is 6.54 Å². The van der Waals surface area contributed by atoms with Crippen molar-refractivity contribution in [1.82, 2.24) is 5.32 Å². The first-order valence-corrected chi connectivity index (χ1v) is 7.76. The molecule has 0 aromatic heterocycles. The molecule has 19 heavy (non-hydrogen) atoms. The molecule has 2 heteroatoms. The molecule has 1 N–H and O–H groups in total. The van der Waals surface area contributed by atoms with Gasteiger partial charge < -0.3 is 10.2 Å². The number of nitrogens with zero attached hydrogens (tertiary/aromatic N) is 1. The summed E-state index contributed by atoms with van der Waals surface area (Å²) in [4.78, 5) is 2.38. The van der Waals surface area contributed by atoms with E-state index in [1.54, 1.807) is 0 Å². The van der Waals surface area contributed by atoms with Crippen LogP contribution in [0.2, 0.25) is 0 Å². The average molecular weight is 258 g/mol. The van der Waals surface area contributed by atoms with Gasteiger partial charge in [0, 0.05) is 32.4 Å². The van der Waals surface area contributed by atoms with Gasteiger partial charge in [0.2, 0.25) is 0 Å². The number of rotatable bonds is 5. The van der Waals surface area contributed by atoms with Crippen LogP contribution in [-0.4, -0.2) is 20.1 Å². The lowest BCUT2D eigenvalue weighted by Gasteiger charge is -2.28. The predicted molar refractivity (Wildman–Crippen MR) is 81.7 cm³/mol. The van der Waals surface area contributed by atoms with Crippen molar-refractivity contribution in [2.45, 2.75) is 45.6 Å². The van der Waals surface area contributed by atoms with E-state index in [-0.39, 0.29) is 0 Å². The highest BCUT2D eigenvalue weighted by molar-refractivity contribution is 5.56. The first-order valence-electron chi connectivity index (χ1n) is 7.76. The molecule has 2 aliphatic rings. The second-order valence-corrected chi connectivity index (χ2v) is 6.45.